The largest absolute Gasteiger partial charge is 0.468 e. The number of rotatable bonds is 3. The van der Waals surface area contributed by atoms with E-state index in [9.17, 15) is 14.0 Å². The van der Waals surface area contributed by atoms with Gasteiger partial charge in [-0.2, -0.15) is 0 Å². The molecule has 3 atom stereocenters. The van der Waals surface area contributed by atoms with Crippen LogP contribution in [0, 0.1) is 11.7 Å². The Bertz CT molecular complexity index is 1170. The fourth-order valence-electron chi connectivity index (χ4n) is 4.93. The maximum atomic E-state index is 13.7. The summed E-state index contributed by atoms with van der Waals surface area (Å²) in [6, 6.07) is 12.4. The Hall–Kier alpha value is -2.51. The molecule has 1 aromatic heterocycles. The SMILES string of the molecule is COC(=O)C1C[C@H]2c3[nH]c4ccccc4c3C[C@@H](C1=O)N2Cc1ccc(F)c(Br)c1. The van der Waals surface area contributed by atoms with Gasteiger partial charge in [0.05, 0.1) is 23.7 Å². The van der Waals surface area contributed by atoms with E-state index in [1.165, 1.54) is 13.2 Å². The normalized spacial score (nSPS) is 23.4. The minimum absolute atomic E-state index is 0.102. The van der Waals surface area contributed by atoms with Gasteiger partial charge < -0.3 is 9.72 Å². The zero-order valence-electron chi connectivity index (χ0n) is 16.3. The van der Waals surface area contributed by atoms with Gasteiger partial charge in [0.25, 0.3) is 0 Å². The zero-order valence-corrected chi connectivity index (χ0v) is 17.9. The molecule has 3 aromatic rings. The second-order valence-electron chi connectivity index (χ2n) is 7.93. The van der Waals surface area contributed by atoms with Gasteiger partial charge >= 0.3 is 5.97 Å². The van der Waals surface area contributed by atoms with Crippen molar-refractivity contribution in [1.82, 2.24) is 9.88 Å². The van der Waals surface area contributed by atoms with Crippen LogP contribution in [0.2, 0.25) is 0 Å². The predicted molar refractivity (Wildman–Crippen MR) is 113 cm³/mol. The highest BCUT2D eigenvalue weighted by molar-refractivity contribution is 9.10. The van der Waals surface area contributed by atoms with Crippen LogP contribution in [0.5, 0.6) is 0 Å². The van der Waals surface area contributed by atoms with Crippen molar-refractivity contribution in [2.45, 2.75) is 31.5 Å². The minimum Gasteiger partial charge on any atom is -0.468 e. The van der Waals surface area contributed by atoms with E-state index in [-0.39, 0.29) is 17.6 Å². The summed E-state index contributed by atoms with van der Waals surface area (Å²) in [6.45, 7) is 0.489. The molecule has 154 valence electrons. The predicted octanol–water partition coefficient (Wildman–Crippen LogP) is 4.30. The summed E-state index contributed by atoms with van der Waals surface area (Å²) in [4.78, 5) is 31.3. The van der Waals surface area contributed by atoms with E-state index in [1.54, 1.807) is 12.1 Å². The lowest BCUT2D eigenvalue weighted by Crippen LogP contribution is -2.56. The molecule has 1 unspecified atom stereocenters. The van der Waals surface area contributed by atoms with E-state index < -0.39 is 17.9 Å². The van der Waals surface area contributed by atoms with Crippen LogP contribution in [0.4, 0.5) is 4.39 Å². The molecule has 0 saturated carbocycles. The zero-order chi connectivity index (χ0) is 21.0. The third kappa shape index (κ3) is 2.99. The molecule has 0 aliphatic carbocycles. The lowest BCUT2D eigenvalue weighted by molar-refractivity contribution is -0.156. The van der Waals surface area contributed by atoms with Gasteiger partial charge in [0.1, 0.15) is 11.7 Å². The number of Topliss-reactive ketones (excluding diaryl/α,β-unsaturated/α-hetero) is 1. The van der Waals surface area contributed by atoms with Crippen molar-refractivity contribution >= 4 is 38.6 Å². The monoisotopic (exact) mass is 470 g/mol. The molecule has 0 radical (unpaired) electrons. The lowest BCUT2D eigenvalue weighted by Gasteiger charge is -2.46. The number of para-hydroxylation sites is 1. The van der Waals surface area contributed by atoms with Gasteiger partial charge in [-0.25, -0.2) is 4.39 Å². The maximum Gasteiger partial charge on any atom is 0.316 e. The number of ether oxygens (including phenoxy) is 1. The van der Waals surface area contributed by atoms with Gasteiger partial charge in [0, 0.05) is 23.1 Å². The highest BCUT2D eigenvalue weighted by Crippen LogP contribution is 2.45. The summed E-state index contributed by atoms with van der Waals surface area (Å²) in [5.41, 5.74) is 4.13. The molecule has 7 heteroatoms. The average molecular weight is 471 g/mol. The van der Waals surface area contributed by atoms with Crippen LogP contribution in [0.25, 0.3) is 10.9 Å². The number of fused-ring (bicyclic) bond motifs is 6. The lowest BCUT2D eigenvalue weighted by atomic mass is 9.76. The van der Waals surface area contributed by atoms with E-state index in [4.69, 9.17) is 4.74 Å². The van der Waals surface area contributed by atoms with Crippen LogP contribution >= 0.6 is 15.9 Å². The van der Waals surface area contributed by atoms with Crippen molar-refractivity contribution in [2.24, 2.45) is 5.92 Å². The summed E-state index contributed by atoms with van der Waals surface area (Å²) in [7, 11) is 1.32. The smallest absolute Gasteiger partial charge is 0.316 e. The van der Waals surface area contributed by atoms with E-state index in [0.717, 1.165) is 27.7 Å². The number of aromatic amines is 1. The number of hydrogen-bond acceptors (Lipinski definition) is 4. The van der Waals surface area contributed by atoms with Crippen LogP contribution in [0.15, 0.2) is 46.9 Å². The number of carbonyl (C=O) groups excluding carboxylic acids is 2. The Morgan fingerprint density at radius 1 is 1.27 bits per heavy atom. The number of methoxy groups -OCH3 is 1. The third-order valence-electron chi connectivity index (χ3n) is 6.34. The van der Waals surface area contributed by atoms with Crippen molar-refractivity contribution in [3.8, 4) is 0 Å². The first-order chi connectivity index (χ1) is 14.5. The van der Waals surface area contributed by atoms with Gasteiger partial charge in [-0.05, 0) is 58.1 Å². The molecule has 30 heavy (non-hydrogen) atoms. The second-order valence-corrected chi connectivity index (χ2v) is 8.79. The van der Waals surface area contributed by atoms with Crippen molar-refractivity contribution in [1.29, 1.82) is 0 Å². The molecule has 5 rings (SSSR count). The first-order valence-corrected chi connectivity index (χ1v) is 10.7. The number of esters is 1. The molecule has 5 nitrogen and oxygen atoms in total. The number of aromatic nitrogens is 1. The van der Waals surface area contributed by atoms with Crippen molar-refractivity contribution < 1.29 is 18.7 Å². The Morgan fingerprint density at radius 3 is 2.83 bits per heavy atom. The molecule has 3 heterocycles. The van der Waals surface area contributed by atoms with E-state index in [1.807, 2.05) is 18.2 Å². The first kappa shape index (κ1) is 19.5. The molecule has 0 amide bonds. The number of ketones is 1. The van der Waals surface area contributed by atoms with Crippen molar-refractivity contribution in [2.75, 3.05) is 7.11 Å². The van der Waals surface area contributed by atoms with E-state index >= 15 is 0 Å². The Morgan fingerprint density at radius 2 is 2.07 bits per heavy atom. The Labute approximate surface area is 181 Å². The van der Waals surface area contributed by atoms with Crippen LogP contribution in [-0.2, 0) is 27.3 Å². The summed E-state index contributed by atoms with van der Waals surface area (Å²) < 4.78 is 19.0. The molecule has 1 saturated heterocycles. The molecule has 0 spiro atoms. The minimum atomic E-state index is -0.763. The number of nitrogens with zero attached hydrogens (tertiary/aromatic N) is 1. The van der Waals surface area contributed by atoms with E-state index in [2.05, 4.69) is 31.9 Å². The van der Waals surface area contributed by atoms with Crippen LogP contribution in [0.3, 0.4) is 0 Å². The van der Waals surface area contributed by atoms with Crippen LogP contribution < -0.4 is 0 Å². The first-order valence-electron chi connectivity index (χ1n) is 9.88. The van der Waals surface area contributed by atoms with Gasteiger partial charge in [0.2, 0.25) is 0 Å². The van der Waals surface area contributed by atoms with Gasteiger partial charge in [-0.3, -0.25) is 14.5 Å². The van der Waals surface area contributed by atoms with Gasteiger partial charge in [0.15, 0.2) is 5.78 Å². The molecule has 1 N–H and O–H groups in total. The molecule has 2 aliphatic rings. The topological polar surface area (TPSA) is 62.4 Å². The average Bonchev–Trinajstić information content (AvgIpc) is 3.11. The maximum absolute atomic E-state index is 13.7. The van der Waals surface area contributed by atoms with Gasteiger partial charge in [-0.15, -0.1) is 0 Å². The molecule has 2 aromatic carbocycles. The highest BCUT2D eigenvalue weighted by atomic mass is 79.9. The fourth-order valence-corrected chi connectivity index (χ4v) is 5.36. The molecule has 1 fully saturated rings. The molecule has 2 aliphatic heterocycles. The fraction of sp³-hybridized carbons (Fsp3) is 0.304. The quantitative estimate of drug-likeness (QED) is 0.457. The second kappa shape index (κ2) is 7.32. The number of H-pyrrole nitrogens is 1. The molecule has 2 bridgehead atoms. The standard InChI is InChI=1S/C23H20BrFN2O3/c1-30-23(29)15-10-19-21-14(13-4-2-3-5-18(13)26-21)9-20(22(15)28)27(19)11-12-6-7-17(25)16(24)8-12/h2-8,15,19-20,26H,9-11H2,1H3/t15?,19-,20-/m0/s1. The summed E-state index contributed by atoms with van der Waals surface area (Å²) in [5.74, 6) is -1.66. The number of halogens is 2. The highest BCUT2D eigenvalue weighted by Gasteiger charge is 2.50. The van der Waals surface area contributed by atoms with Crippen LogP contribution in [0.1, 0.15) is 29.3 Å². The van der Waals surface area contributed by atoms with Crippen LogP contribution in [-0.4, -0.2) is 34.8 Å². The summed E-state index contributed by atoms with van der Waals surface area (Å²) in [6.07, 6.45) is 0.898. The number of nitrogens with one attached hydrogen (secondary N) is 1. The molecular formula is C23H20BrFN2O3. The number of carbonyl (C=O) groups is 2. The van der Waals surface area contributed by atoms with E-state index in [0.29, 0.717) is 23.9 Å². The number of hydrogen-bond donors (Lipinski definition) is 1. The summed E-state index contributed by atoms with van der Waals surface area (Å²) in [5, 5.41) is 1.12. The van der Waals surface area contributed by atoms with Gasteiger partial charge in [-0.1, -0.05) is 24.3 Å². The third-order valence-corrected chi connectivity index (χ3v) is 6.95. The van der Waals surface area contributed by atoms with Crippen molar-refractivity contribution in [3.63, 3.8) is 0 Å². The number of benzene rings is 2. The molecular weight excluding hydrogens is 451 g/mol. The Kier molecular flexibility index (Phi) is 4.75. The summed E-state index contributed by atoms with van der Waals surface area (Å²) >= 11 is 3.24. The van der Waals surface area contributed by atoms with Crippen molar-refractivity contribution in [3.05, 3.63) is 69.6 Å². The Balaban J connectivity index is 1.60. The number of piperidine rings is 1.